The van der Waals surface area contributed by atoms with E-state index in [1.807, 2.05) is 24.3 Å². The lowest BCUT2D eigenvalue weighted by atomic mass is 10.1. The van der Waals surface area contributed by atoms with Crippen LogP contribution in [0.15, 0.2) is 24.3 Å². The number of ether oxygens (including phenoxy) is 4. The van der Waals surface area contributed by atoms with Crippen LogP contribution in [0.5, 0.6) is 0 Å². The summed E-state index contributed by atoms with van der Waals surface area (Å²) in [6.07, 6.45) is -0.548. The third kappa shape index (κ3) is 1.85. The average Bonchev–Trinajstić information content (AvgIpc) is 3.03. The molecule has 2 fully saturated rings. The predicted octanol–water partition coefficient (Wildman–Crippen LogP) is 1.78. The first-order valence-electron chi connectivity index (χ1n) is 5.50. The van der Waals surface area contributed by atoms with E-state index in [1.165, 1.54) is 0 Å². The Hall–Kier alpha value is -0.940. The minimum atomic E-state index is -0.274. The highest BCUT2D eigenvalue weighted by Crippen LogP contribution is 2.33. The number of hydrogen-bond acceptors (Lipinski definition) is 4. The lowest BCUT2D eigenvalue weighted by Gasteiger charge is -2.17. The van der Waals surface area contributed by atoms with Gasteiger partial charge in [0.2, 0.25) is 0 Å². The summed E-state index contributed by atoms with van der Waals surface area (Å²) in [5.41, 5.74) is 2.01. The van der Waals surface area contributed by atoms with Crippen molar-refractivity contribution in [3.05, 3.63) is 35.4 Å². The van der Waals surface area contributed by atoms with Gasteiger partial charge >= 0.3 is 0 Å². The van der Waals surface area contributed by atoms with E-state index in [0.29, 0.717) is 26.4 Å². The van der Waals surface area contributed by atoms with Gasteiger partial charge in [-0.2, -0.15) is 0 Å². The van der Waals surface area contributed by atoms with Gasteiger partial charge in [0.05, 0.1) is 26.4 Å². The van der Waals surface area contributed by atoms with Crippen molar-refractivity contribution < 1.29 is 18.9 Å². The fourth-order valence-electron chi connectivity index (χ4n) is 2.02. The van der Waals surface area contributed by atoms with Crippen LogP contribution in [-0.4, -0.2) is 26.4 Å². The van der Waals surface area contributed by atoms with Crippen LogP contribution in [0, 0.1) is 0 Å². The quantitative estimate of drug-likeness (QED) is 0.764. The van der Waals surface area contributed by atoms with Crippen LogP contribution < -0.4 is 0 Å². The average molecular weight is 222 g/mol. The van der Waals surface area contributed by atoms with E-state index in [0.717, 1.165) is 11.1 Å². The van der Waals surface area contributed by atoms with E-state index < -0.39 is 0 Å². The highest BCUT2D eigenvalue weighted by Gasteiger charge is 2.27. The second-order valence-corrected chi connectivity index (χ2v) is 3.78. The summed E-state index contributed by atoms with van der Waals surface area (Å²) in [6.45, 7) is 2.58. The van der Waals surface area contributed by atoms with Gasteiger partial charge in [-0.1, -0.05) is 24.3 Å². The van der Waals surface area contributed by atoms with Crippen LogP contribution in [0.2, 0.25) is 0 Å². The summed E-state index contributed by atoms with van der Waals surface area (Å²) >= 11 is 0. The molecule has 16 heavy (non-hydrogen) atoms. The van der Waals surface area contributed by atoms with Gasteiger partial charge in [-0.05, 0) is 0 Å². The Morgan fingerprint density at radius 2 is 1.06 bits per heavy atom. The highest BCUT2D eigenvalue weighted by molar-refractivity contribution is 5.29. The van der Waals surface area contributed by atoms with Crippen molar-refractivity contribution in [2.75, 3.05) is 26.4 Å². The molecule has 2 heterocycles. The van der Waals surface area contributed by atoms with Gasteiger partial charge in [0.15, 0.2) is 12.6 Å². The first-order chi connectivity index (χ1) is 7.95. The number of benzene rings is 1. The molecule has 0 amide bonds. The molecule has 2 aliphatic heterocycles. The maximum atomic E-state index is 5.51. The van der Waals surface area contributed by atoms with Crippen molar-refractivity contribution in [1.82, 2.24) is 0 Å². The standard InChI is InChI=1S/C12H14O4/c1-2-4-10(12-15-7-8-16-12)9(3-1)11-13-5-6-14-11/h1-4,11-12H,5-8H2. The van der Waals surface area contributed by atoms with Crippen molar-refractivity contribution in [2.24, 2.45) is 0 Å². The second-order valence-electron chi connectivity index (χ2n) is 3.78. The molecule has 3 rings (SSSR count). The van der Waals surface area contributed by atoms with Crippen molar-refractivity contribution in [1.29, 1.82) is 0 Å². The van der Waals surface area contributed by atoms with Crippen LogP contribution in [0.4, 0.5) is 0 Å². The Morgan fingerprint density at radius 1 is 0.688 bits per heavy atom. The molecule has 0 unspecified atom stereocenters. The largest absolute Gasteiger partial charge is 0.346 e. The molecule has 1 aromatic carbocycles. The van der Waals surface area contributed by atoms with E-state index >= 15 is 0 Å². The van der Waals surface area contributed by atoms with Crippen molar-refractivity contribution >= 4 is 0 Å². The Bertz CT molecular complexity index is 319. The summed E-state index contributed by atoms with van der Waals surface area (Å²) in [5.74, 6) is 0. The van der Waals surface area contributed by atoms with E-state index in [9.17, 15) is 0 Å². The van der Waals surface area contributed by atoms with Crippen LogP contribution in [-0.2, 0) is 18.9 Å². The molecule has 0 aromatic heterocycles. The fraction of sp³-hybridized carbons (Fsp3) is 0.500. The zero-order chi connectivity index (χ0) is 10.8. The molecule has 0 radical (unpaired) electrons. The monoisotopic (exact) mass is 222 g/mol. The molecule has 86 valence electrons. The SMILES string of the molecule is c1ccc(C2OCCO2)c(C2OCCO2)c1. The molecular weight excluding hydrogens is 208 g/mol. The predicted molar refractivity (Wildman–Crippen MR) is 55.7 cm³/mol. The lowest BCUT2D eigenvalue weighted by molar-refractivity contribution is -0.0637. The molecule has 0 spiro atoms. The number of rotatable bonds is 2. The molecular formula is C12H14O4. The van der Waals surface area contributed by atoms with Gasteiger partial charge in [0, 0.05) is 11.1 Å². The first-order valence-corrected chi connectivity index (χ1v) is 5.50. The Labute approximate surface area is 94.1 Å². The summed E-state index contributed by atoms with van der Waals surface area (Å²) in [5, 5.41) is 0. The van der Waals surface area contributed by atoms with Crippen molar-refractivity contribution in [3.8, 4) is 0 Å². The molecule has 4 nitrogen and oxygen atoms in total. The maximum Gasteiger partial charge on any atom is 0.184 e. The zero-order valence-electron chi connectivity index (χ0n) is 8.93. The molecule has 2 saturated heterocycles. The fourth-order valence-corrected chi connectivity index (χ4v) is 2.02. The van der Waals surface area contributed by atoms with Gasteiger partial charge in [-0.15, -0.1) is 0 Å². The van der Waals surface area contributed by atoms with Crippen molar-refractivity contribution in [3.63, 3.8) is 0 Å². The van der Waals surface area contributed by atoms with Gasteiger partial charge in [0.1, 0.15) is 0 Å². The summed E-state index contributed by atoms with van der Waals surface area (Å²) in [7, 11) is 0. The van der Waals surface area contributed by atoms with E-state index in [2.05, 4.69) is 0 Å². The van der Waals surface area contributed by atoms with Crippen LogP contribution in [0.25, 0.3) is 0 Å². The Kier molecular flexibility index (Phi) is 2.88. The zero-order valence-corrected chi connectivity index (χ0v) is 8.93. The Balaban J connectivity index is 1.90. The smallest absolute Gasteiger partial charge is 0.184 e. The Morgan fingerprint density at radius 3 is 1.44 bits per heavy atom. The number of hydrogen-bond donors (Lipinski definition) is 0. The van der Waals surface area contributed by atoms with Crippen LogP contribution in [0.3, 0.4) is 0 Å². The molecule has 1 aromatic rings. The lowest BCUT2D eigenvalue weighted by Crippen LogP contribution is -2.07. The van der Waals surface area contributed by atoms with Crippen molar-refractivity contribution in [2.45, 2.75) is 12.6 Å². The summed E-state index contributed by atoms with van der Waals surface area (Å²) in [4.78, 5) is 0. The van der Waals surface area contributed by atoms with E-state index in [1.54, 1.807) is 0 Å². The molecule has 0 N–H and O–H groups in total. The third-order valence-electron chi connectivity index (χ3n) is 2.75. The van der Waals surface area contributed by atoms with Gasteiger partial charge in [-0.3, -0.25) is 0 Å². The van der Waals surface area contributed by atoms with Crippen LogP contribution >= 0.6 is 0 Å². The molecule has 0 atom stereocenters. The molecule has 2 aliphatic rings. The molecule has 4 heteroatoms. The summed E-state index contributed by atoms with van der Waals surface area (Å²) < 4.78 is 22.0. The van der Waals surface area contributed by atoms with Gasteiger partial charge in [0.25, 0.3) is 0 Å². The highest BCUT2D eigenvalue weighted by atomic mass is 16.7. The van der Waals surface area contributed by atoms with Crippen LogP contribution in [0.1, 0.15) is 23.7 Å². The topological polar surface area (TPSA) is 36.9 Å². The minimum absolute atomic E-state index is 0.274. The minimum Gasteiger partial charge on any atom is -0.346 e. The van der Waals surface area contributed by atoms with Gasteiger partial charge in [-0.25, -0.2) is 0 Å². The molecule has 0 saturated carbocycles. The maximum absolute atomic E-state index is 5.51. The first kappa shape index (κ1) is 10.2. The normalized spacial score (nSPS) is 23.0. The molecule has 0 aliphatic carbocycles. The van der Waals surface area contributed by atoms with E-state index in [-0.39, 0.29) is 12.6 Å². The van der Waals surface area contributed by atoms with E-state index in [4.69, 9.17) is 18.9 Å². The third-order valence-corrected chi connectivity index (χ3v) is 2.75. The molecule has 0 bridgehead atoms. The summed E-state index contributed by atoms with van der Waals surface area (Å²) in [6, 6.07) is 7.93. The van der Waals surface area contributed by atoms with Gasteiger partial charge < -0.3 is 18.9 Å². The second kappa shape index (κ2) is 4.51.